The Kier molecular flexibility index (Phi) is 5.25. The molecule has 1 atom stereocenters. The van der Waals surface area contributed by atoms with E-state index in [1.807, 2.05) is 24.3 Å². The number of carbonyl (C=O) groups is 2. The molecule has 0 aliphatic carbocycles. The minimum Gasteiger partial charge on any atom is -0.503 e. The first-order valence-electron chi connectivity index (χ1n) is 9.55. The lowest BCUT2D eigenvalue weighted by atomic mass is 9.92. The molecular weight excluding hydrogens is 392 g/mol. The molecule has 1 aliphatic rings. The number of nitrogens with zero attached hydrogens (tertiary/aromatic N) is 2. The van der Waals surface area contributed by atoms with Crippen molar-refractivity contribution in [3.8, 4) is 11.8 Å². The molecule has 0 spiro atoms. The van der Waals surface area contributed by atoms with Gasteiger partial charge in [-0.15, -0.1) is 0 Å². The number of nitriles is 1. The van der Waals surface area contributed by atoms with E-state index < -0.39 is 23.5 Å². The van der Waals surface area contributed by atoms with Crippen LogP contribution in [0.5, 0.6) is 5.75 Å². The number of rotatable bonds is 5. The summed E-state index contributed by atoms with van der Waals surface area (Å²) in [5.41, 5.74) is 1.94. The molecule has 0 aromatic heterocycles. The molecule has 6 nitrogen and oxygen atoms in total. The van der Waals surface area contributed by atoms with Crippen LogP contribution in [0.1, 0.15) is 27.5 Å². The largest absolute Gasteiger partial charge is 0.503 e. The summed E-state index contributed by atoms with van der Waals surface area (Å²) in [6.07, 6.45) is 0. The van der Waals surface area contributed by atoms with E-state index in [1.165, 1.54) is 12.0 Å². The Balaban J connectivity index is 1.83. The summed E-state index contributed by atoms with van der Waals surface area (Å²) in [6.45, 7) is 0. The summed E-state index contributed by atoms with van der Waals surface area (Å²) in [5, 5.41) is 19.8. The second kappa shape index (κ2) is 8.17. The topological polar surface area (TPSA) is 90.6 Å². The maximum Gasteiger partial charge on any atom is 0.294 e. The number of anilines is 1. The van der Waals surface area contributed by atoms with Gasteiger partial charge in [-0.05, 0) is 54.1 Å². The highest BCUT2D eigenvalue weighted by Gasteiger charge is 2.44. The fourth-order valence-electron chi connectivity index (χ4n) is 3.65. The Morgan fingerprint density at radius 3 is 2.23 bits per heavy atom. The van der Waals surface area contributed by atoms with Gasteiger partial charge in [0.2, 0.25) is 0 Å². The van der Waals surface area contributed by atoms with Gasteiger partial charge >= 0.3 is 0 Å². The normalized spacial score (nSPS) is 15.7. The quantitative estimate of drug-likeness (QED) is 0.632. The molecule has 0 bridgehead atoms. The van der Waals surface area contributed by atoms with Gasteiger partial charge in [0.15, 0.2) is 11.5 Å². The van der Waals surface area contributed by atoms with Gasteiger partial charge in [0, 0.05) is 11.3 Å². The maximum absolute atomic E-state index is 13.4. The van der Waals surface area contributed by atoms with Crippen molar-refractivity contribution in [3.05, 3.63) is 107 Å². The van der Waals surface area contributed by atoms with E-state index in [1.54, 1.807) is 60.7 Å². The van der Waals surface area contributed by atoms with E-state index in [-0.39, 0.29) is 5.57 Å². The van der Waals surface area contributed by atoms with Crippen LogP contribution in [0, 0.1) is 11.3 Å². The van der Waals surface area contributed by atoms with Gasteiger partial charge in [-0.2, -0.15) is 5.26 Å². The van der Waals surface area contributed by atoms with Gasteiger partial charge in [-0.3, -0.25) is 14.5 Å². The lowest BCUT2D eigenvalue weighted by Gasteiger charge is -2.27. The lowest BCUT2D eigenvalue weighted by molar-refractivity contribution is -0.117. The molecular formula is C25H18N2O4. The van der Waals surface area contributed by atoms with E-state index in [9.17, 15) is 14.7 Å². The van der Waals surface area contributed by atoms with Gasteiger partial charge in [0.05, 0.1) is 30.4 Å². The maximum atomic E-state index is 13.4. The van der Waals surface area contributed by atoms with Crippen molar-refractivity contribution in [1.29, 1.82) is 5.26 Å². The molecule has 1 amide bonds. The van der Waals surface area contributed by atoms with E-state index >= 15 is 0 Å². The molecule has 1 heterocycles. The Bertz CT molecular complexity index is 1210. The Morgan fingerprint density at radius 1 is 1.00 bits per heavy atom. The van der Waals surface area contributed by atoms with Crippen LogP contribution in [0.15, 0.2) is 90.2 Å². The zero-order chi connectivity index (χ0) is 22.0. The lowest BCUT2D eigenvalue weighted by Crippen LogP contribution is -2.31. The summed E-state index contributed by atoms with van der Waals surface area (Å²) in [4.78, 5) is 27.8. The molecule has 1 aliphatic heterocycles. The van der Waals surface area contributed by atoms with Crippen molar-refractivity contribution in [2.75, 3.05) is 12.0 Å². The highest BCUT2D eigenvalue weighted by Crippen LogP contribution is 2.41. The fraction of sp³-hybridized carbons (Fsp3) is 0.0800. The number of hydrogen-bond acceptors (Lipinski definition) is 5. The highest BCUT2D eigenvalue weighted by molar-refractivity contribution is 6.20. The monoisotopic (exact) mass is 410 g/mol. The molecule has 152 valence electrons. The van der Waals surface area contributed by atoms with Crippen LogP contribution in [0.25, 0.3) is 0 Å². The predicted molar refractivity (Wildman–Crippen MR) is 115 cm³/mol. The first-order valence-corrected chi connectivity index (χ1v) is 9.55. The van der Waals surface area contributed by atoms with Crippen molar-refractivity contribution >= 4 is 17.4 Å². The molecule has 0 radical (unpaired) electrons. The van der Waals surface area contributed by atoms with Gasteiger partial charge in [-0.25, -0.2) is 0 Å². The third-order valence-electron chi connectivity index (χ3n) is 5.19. The zero-order valence-corrected chi connectivity index (χ0v) is 16.6. The van der Waals surface area contributed by atoms with E-state index in [0.29, 0.717) is 28.1 Å². The van der Waals surface area contributed by atoms with Crippen LogP contribution in [0.3, 0.4) is 0 Å². The predicted octanol–water partition coefficient (Wildman–Crippen LogP) is 4.35. The van der Waals surface area contributed by atoms with Crippen LogP contribution in [0.4, 0.5) is 5.69 Å². The average Bonchev–Trinajstić information content (AvgIpc) is 3.09. The number of aliphatic hydroxyl groups is 1. The molecule has 3 aromatic carbocycles. The van der Waals surface area contributed by atoms with Gasteiger partial charge < -0.3 is 9.84 Å². The van der Waals surface area contributed by atoms with Crippen molar-refractivity contribution in [2.24, 2.45) is 0 Å². The number of ether oxygens (including phenoxy) is 1. The smallest absolute Gasteiger partial charge is 0.294 e. The highest BCUT2D eigenvalue weighted by atomic mass is 16.5. The molecule has 0 saturated heterocycles. The van der Waals surface area contributed by atoms with Crippen LogP contribution >= 0.6 is 0 Å². The Labute approximate surface area is 179 Å². The van der Waals surface area contributed by atoms with Gasteiger partial charge in [0.1, 0.15) is 5.75 Å². The standard InChI is InChI=1S/C25H18N2O4/c1-31-20-13-9-18(10-14-20)23(28)21-22(17-5-3-2-4-6-17)27(25(30)24(21)29)19-11-7-16(15-26)8-12-19/h2-14,22,29H,1H3. The Hall–Kier alpha value is -4.37. The number of methoxy groups -OCH3 is 1. The second-order valence-corrected chi connectivity index (χ2v) is 6.97. The summed E-state index contributed by atoms with van der Waals surface area (Å²) in [5.74, 6) is -1.11. The molecule has 1 N–H and O–H groups in total. The fourth-order valence-corrected chi connectivity index (χ4v) is 3.65. The van der Waals surface area contributed by atoms with Crippen LogP contribution < -0.4 is 9.64 Å². The van der Waals surface area contributed by atoms with Crippen molar-refractivity contribution in [2.45, 2.75) is 6.04 Å². The zero-order valence-electron chi connectivity index (χ0n) is 16.6. The number of benzene rings is 3. The van der Waals surface area contributed by atoms with Crippen LogP contribution in [-0.4, -0.2) is 23.9 Å². The van der Waals surface area contributed by atoms with E-state index in [4.69, 9.17) is 10.00 Å². The SMILES string of the molecule is COc1ccc(C(=O)C2=C(O)C(=O)N(c3ccc(C#N)cc3)C2c2ccccc2)cc1. The van der Waals surface area contributed by atoms with E-state index in [0.717, 1.165) is 0 Å². The molecule has 4 rings (SSSR count). The van der Waals surface area contributed by atoms with Crippen molar-refractivity contribution in [1.82, 2.24) is 0 Å². The molecule has 1 unspecified atom stereocenters. The number of aliphatic hydroxyl groups excluding tert-OH is 1. The third-order valence-corrected chi connectivity index (χ3v) is 5.19. The summed E-state index contributed by atoms with van der Waals surface area (Å²) >= 11 is 0. The third kappa shape index (κ3) is 3.53. The number of hydrogen-bond donors (Lipinski definition) is 1. The minimum absolute atomic E-state index is 0.00530. The average molecular weight is 410 g/mol. The summed E-state index contributed by atoms with van der Waals surface area (Å²) in [7, 11) is 1.53. The van der Waals surface area contributed by atoms with Gasteiger partial charge in [0.25, 0.3) is 5.91 Å². The number of ketones is 1. The molecule has 3 aromatic rings. The first-order chi connectivity index (χ1) is 15.0. The van der Waals surface area contributed by atoms with Crippen LogP contribution in [-0.2, 0) is 4.79 Å². The molecule has 0 saturated carbocycles. The number of Topliss-reactive ketones (excluding diaryl/α,β-unsaturated/α-hetero) is 1. The molecule has 6 heteroatoms. The van der Waals surface area contributed by atoms with Gasteiger partial charge in [-0.1, -0.05) is 30.3 Å². The number of carbonyl (C=O) groups excluding carboxylic acids is 2. The molecule has 0 fully saturated rings. The Morgan fingerprint density at radius 2 is 1.65 bits per heavy atom. The molecule has 31 heavy (non-hydrogen) atoms. The van der Waals surface area contributed by atoms with E-state index in [2.05, 4.69) is 0 Å². The van der Waals surface area contributed by atoms with Crippen molar-refractivity contribution in [3.63, 3.8) is 0 Å². The minimum atomic E-state index is -0.809. The first kappa shape index (κ1) is 19.9. The van der Waals surface area contributed by atoms with Crippen molar-refractivity contribution < 1.29 is 19.4 Å². The summed E-state index contributed by atoms with van der Waals surface area (Å²) < 4.78 is 5.14. The number of amides is 1. The summed E-state index contributed by atoms with van der Waals surface area (Å²) in [6, 6.07) is 23.2. The second-order valence-electron chi connectivity index (χ2n) is 6.97. The van der Waals surface area contributed by atoms with Crippen LogP contribution in [0.2, 0.25) is 0 Å².